The maximum Gasteiger partial charge on any atom is 0.123 e. The summed E-state index contributed by atoms with van der Waals surface area (Å²) in [5.74, 6) is 0.984. The fraction of sp³-hybridized carbons (Fsp3) is 0.350. The zero-order chi connectivity index (χ0) is 17.1. The van der Waals surface area contributed by atoms with Crippen LogP contribution in [0.25, 0.3) is 10.9 Å². The summed E-state index contributed by atoms with van der Waals surface area (Å²) < 4.78 is 5.47. The summed E-state index contributed by atoms with van der Waals surface area (Å²) in [5, 5.41) is 8.32. The van der Waals surface area contributed by atoms with Crippen molar-refractivity contribution in [2.24, 2.45) is 0 Å². The molecule has 2 aromatic carbocycles. The van der Waals surface area contributed by atoms with Crippen molar-refractivity contribution < 1.29 is 4.74 Å². The van der Waals surface area contributed by atoms with Crippen molar-refractivity contribution >= 4 is 10.9 Å². The van der Waals surface area contributed by atoms with Crippen molar-refractivity contribution in [2.45, 2.75) is 13.1 Å². The van der Waals surface area contributed by atoms with E-state index in [2.05, 4.69) is 50.3 Å². The summed E-state index contributed by atoms with van der Waals surface area (Å²) in [6, 6.07) is 14.9. The molecule has 0 aliphatic carbocycles. The highest BCUT2D eigenvalue weighted by molar-refractivity contribution is 5.78. The molecule has 0 radical (unpaired) electrons. The van der Waals surface area contributed by atoms with Crippen LogP contribution in [0.3, 0.4) is 0 Å². The van der Waals surface area contributed by atoms with E-state index < -0.39 is 0 Å². The van der Waals surface area contributed by atoms with E-state index >= 15 is 0 Å². The van der Waals surface area contributed by atoms with E-state index in [1.165, 1.54) is 16.5 Å². The first-order valence-electron chi connectivity index (χ1n) is 8.80. The van der Waals surface area contributed by atoms with Gasteiger partial charge in [0.2, 0.25) is 0 Å². The van der Waals surface area contributed by atoms with Crippen molar-refractivity contribution in [3.63, 3.8) is 0 Å². The van der Waals surface area contributed by atoms with Gasteiger partial charge in [0.05, 0.1) is 18.8 Å². The smallest absolute Gasteiger partial charge is 0.123 e. The molecular weight excluding hydrogens is 312 g/mol. The van der Waals surface area contributed by atoms with Crippen LogP contribution in [0.5, 0.6) is 5.75 Å². The number of ether oxygens (including phenoxy) is 1. The fourth-order valence-corrected chi connectivity index (χ4v) is 3.52. The summed E-state index contributed by atoms with van der Waals surface area (Å²) in [4.78, 5) is 5.03. The Balaban J connectivity index is 1.33. The predicted octanol–water partition coefficient (Wildman–Crippen LogP) is 2.89. The van der Waals surface area contributed by atoms with Gasteiger partial charge in [-0.15, -0.1) is 0 Å². The Kier molecular flexibility index (Phi) is 4.68. The van der Waals surface area contributed by atoms with Gasteiger partial charge in [-0.05, 0) is 17.7 Å². The zero-order valence-corrected chi connectivity index (χ0v) is 14.6. The number of piperazine rings is 1. The number of nitrogens with zero attached hydrogens (tertiary/aromatic N) is 3. The summed E-state index contributed by atoms with van der Waals surface area (Å²) in [5.41, 5.74) is 3.73. The first-order valence-corrected chi connectivity index (χ1v) is 8.80. The average Bonchev–Trinajstić information content (AvgIpc) is 3.12. The lowest BCUT2D eigenvalue weighted by molar-refractivity contribution is 0.121. The standard InChI is InChI=1S/C20H24N4O/c1-25-20-5-3-2-4-18(20)15-24-10-8-23(9-11-24)14-16-6-7-17-13-21-22-19(17)12-16/h2-7,12-13H,8-11,14-15H2,1H3,(H,21,22). The Hall–Kier alpha value is -2.37. The average molecular weight is 336 g/mol. The quantitative estimate of drug-likeness (QED) is 0.778. The van der Waals surface area contributed by atoms with Gasteiger partial charge in [-0.3, -0.25) is 14.9 Å². The molecule has 1 aliphatic heterocycles. The highest BCUT2D eigenvalue weighted by Crippen LogP contribution is 2.20. The first kappa shape index (κ1) is 16.1. The fourth-order valence-electron chi connectivity index (χ4n) is 3.52. The number of aromatic nitrogens is 2. The van der Waals surface area contributed by atoms with Gasteiger partial charge in [-0.2, -0.15) is 5.10 Å². The third kappa shape index (κ3) is 3.67. The predicted molar refractivity (Wildman–Crippen MR) is 99.6 cm³/mol. The van der Waals surface area contributed by atoms with Crippen molar-refractivity contribution in [3.05, 3.63) is 59.8 Å². The molecular formula is C20H24N4O. The molecule has 4 rings (SSSR count). The Morgan fingerprint density at radius 1 is 1.00 bits per heavy atom. The van der Waals surface area contributed by atoms with Gasteiger partial charge in [0.25, 0.3) is 0 Å². The van der Waals surface area contributed by atoms with Crippen LogP contribution < -0.4 is 4.74 Å². The molecule has 5 heteroatoms. The lowest BCUT2D eigenvalue weighted by Crippen LogP contribution is -2.45. The Bertz CT molecular complexity index is 836. The number of hydrogen-bond donors (Lipinski definition) is 1. The second-order valence-corrected chi connectivity index (χ2v) is 6.66. The summed E-state index contributed by atoms with van der Waals surface area (Å²) >= 11 is 0. The third-order valence-electron chi connectivity index (χ3n) is 4.96. The largest absolute Gasteiger partial charge is 0.496 e. The van der Waals surface area contributed by atoms with E-state index in [0.717, 1.165) is 50.5 Å². The topological polar surface area (TPSA) is 44.4 Å². The minimum Gasteiger partial charge on any atom is -0.496 e. The van der Waals surface area contributed by atoms with Crippen molar-refractivity contribution in [1.29, 1.82) is 0 Å². The first-order chi connectivity index (χ1) is 12.3. The number of fused-ring (bicyclic) bond motifs is 1. The molecule has 0 atom stereocenters. The lowest BCUT2D eigenvalue weighted by Gasteiger charge is -2.35. The molecule has 1 aliphatic rings. The minimum atomic E-state index is 0.956. The van der Waals surface area contributed by atoms with E-state index in [9.17, 15) is 0 Å². The summed E-state index contributed by atoms with van der Waals surface area (Å²) in [6.07, 6.45) is 1.87. The van der Waals surface area contributed by atoms with Gasteiger partial charge in [0.15, 0.2) is 0 Å². The molecule has 130 valence electrons. The molecule has 0 saturated carbocycles. The third-order valence-corrected chi connectivity index (χ3v) is 4.96. The Morgan fingerprint density at radius 3 is 2.56 bits per heavy atom. The summed E-state index contributed by atoms with van der Waals surface area (Å²) in [7, 11) is 1.74. The number of H-pyrrole nitrogens is 1. The van der Waals surface area contributed by atoms with Gasteiger partial charge < -0.3 is 4.74 Å². The molecule has 1 saturated heterocycles. The maximum absolute atomic E-state index is 5.47. The SMILES string of the molecule is COc1ccccc1CN1CCN(Cc2ccc3cn[nH]c3c2)CC1. The van der Waals surface area contributed by atoms with Gasteiger partial charge in [-0.1, -0.05) is 30.3 Å². The van der Waals surface area contributed by atoms with Gasteiger partial charge in [0, 0.05) is 50.2 Å². The van der Waals surface area contributed by atoms with Crippen LogP contribution in [0.4, 0.5) is 0 Å². The van der Waals surface area contributed by atoms with Gasteiger partial charge >= 0.3 is 0 Å². The lowest BCUT2D eigenvalue weighted by atomic mass is 10.1. The van der Waals surface area contributed by atoms with E-state index in [4.69, 9.17) is 4.74 Å². The van der Waals surface area contributed by atoms with Gasteiger partial charge in [-0.25, -0.2) is 0 Å². The molecule has 0 unspecified atom stereocenters. The normalized spacial score (nSPS) is 16.4. The van der Waals surface area contributed by atoms with E-state index in [-0.39, 0.29) is 0 Å². The van der Waals surface area contributed by atoms with Crippen LogP contribution in [-0.2, 0) is 13.1 Å². The monoisotopic (exact) mass is 336 g/mol. The number of rotatable bonds is 5. The molecule has 1 fully saturated rings. The Morgan fingerprint density at radius 2 is 1.76 bits per heavy atom. The number of para-hydroxylation sites is 1. The number of hydrogen-bond acceptors (Lipinski definition) is 4. The molecule has 0 bridgehead atoms. The highest BCUT2D eigenvalue weighted by Gasteiger charge is 2.18. The molecule has 3 aromatic rings. The molecule has 25 heavy (non-hydrogen) atoms. The number of nitrogens with one attached hydrogen (secondary N) is 1. The van der Waals surface area contributed by atoms with Crippen molar-refractivity contribution in [3.8, 4) is 5.75 Å². The number of benzene rings is 2. The van der Waals surface area contributed by atoms with E-state index in [1.807, 2.05) is 18.3 Å². The number of methoxy groups -OCH3 is 1. The highest BCUT2D eigenvalue weighted by atomic mass is 16.5. The van der Waals surface area contributed by atoms with Crippen molar-refractivity contribution in [2.75, 3.05) is 33.3 Å². The van der Waals surface area contributed by atoms with Crippen LogP contribution in [-0.4, -0.2) is 53.3 Å². The zero-order valence-electron chi connectivity index (χ0n) is 14.6. The number of aromatic amines is 1. The second kappa shape index (κ2) is 7.25. The Labute approximate surface area is 148 Å². The second-order valence-electron chi connectivity index (χ2n) is 6.66. The summed E-state index contributed by atoms with van der Waals surface area (Å²) in [6.45, 7) is 6.32. The van der Waals surface area contributed by atoms with Crippen LogP contribution in [0, 0.1) is 0 Å². The molecule has 1 N–H and O–H groups in total. The van der Waals surface area contributed by atoms with E-state index in [1.54, 1.807) is 7.11 Å². The van der Waals surface area contributed by atoms with E-state index in [0.29, 0.717) is 0 Å². The molecule has 2 heterocycles. The van der Waals surface area contributed by atoms with Crippen LogP contribution in [0.15, 0.2) is 48.7 Å². The van der Waals surface area contributed by atoms with Gasteiger partial charge in [0.1, 0.15) is 5.75 Å². The molecule has 5 nitrogen and oxygen atoms in total. The van der Waals surface area contributed by atoms with Crippen LogP contribution in [0.2, 0.25) is 0 Å². The van der Waals surface area contributed by atoms with Crippen LogP contribution in [0.1, 0.15) is 11.1 Å². The molecule has 0 amide bonds. The molecule has 1 aromatic heterocycles. The molecule has 0 spiro atoms. The maximum atomic E-state index is 5.47. The van der Waals surface area contributed by atoms with Crippen LogP contribution >= 0.6 is 0 Å². The van der Waals surface area contributed by atoms with Crippen molar-refractivity contribution in [1.82, 2.24) is 20.0 Å². The minimum absolute atomic E-state index is 0.956.